The zero-order valence-electron chi connectivity index (χ0n) is 31.3. The van der Waals surface area contributed by atoms with Crippen molar-refractivity contribution in [1.82, 2.24) is 40.7 Å². The van der Waals surface area contributed by atoms with Crippen LogP contribution in [0.25, 0.3) is 10.4 Å². The van der Waals surface area contributed by atoms with Crippen LogP contribution < -0.4 is 20.9 Å². The Morgan fingerprint density at radius 2 is 1.74 bits per heavy atom. The number of hydrogen-bond donors (Lipinski definition) is 4. The van der Waals surface area contributed by atoms with Gasteiger partial charge in [0.15, 0.2) is 0 Å². The summed E-state index contributed by atoms with van der Waals surface area (Å²) in [4.78, 5) is 61.2. The summed E-state index contributed by atoms with van der Waals surface area (Å²) in [5.41, 5.74) is 2.91. The summed E-state index contributed by atoms with van der Waals surface area (Å²) in [5.74, 6) is -0.770. The first-order valence-corrected chi connectivity index (χ1v) is 19.4. The zero-order chi connectivity index (χ0) is 37.9. The average Bonchev–Trinajstić information content (AvgIpc) is 3.75. The number of aliphatic hydroxyl groups excluding tert-OH is 1. The normalized spacial score (nSPS) is 21.9. The Morgan fingerprint density at radius 1 is 1.04 bits per heavy atom. The van der Waals surface area contributed by atoms with Gasteiger partial charge in [-0.05, 0) is 56.3 Å². The van der Waals surface area contributed by atoms with Gasteiger partial charge < -0.3 is 30.9 Å². The molecular formula is C38H52FN9O4S. The van der Waals surface area contributed by atoms with Crippen LogP contribution in [0.15, 0.2) is 42.2 Å². The summed E-state index contributed by atoms with van der Waals surface area (Å²) in [5, 5.41) is 19.7. The number of anilines is 1. The maximum Gasteiger partial charge on any atom is 0.272 e. The third-order valence-corrected chi connectivity index (χ3v) is 11.6. The number of β-amino-alcohol motifs (C(OH)–C–C–N with tert-alkyl or cyclic N) is 1. The fourth-order valence-electron chi connectivity index (χ4n) is 7.39. The second kappa shape index (κ2) is 16.1. The monoisotopic (exact) mass is 749 g/mol. The van der Waals surface area contributed by atoms with E-state index in [1.54, 1.807) is 17.5 Å². The van der Waals surface area contributed by atoms with Crippen molar-refractivity contribution in [2.75, 3.05) is 57.3 Å². The molecule has 3 aliphatic heterocycles. The molecule has 5 heterocycles. The first kappa shape index (κ1) is 38.7. The predicted octanol–water partition coefficient (Wildman–Crippen LogP) is 3.11. The third-order valence-electron chi connectivity index (χ3n) is 10.6. The van der Waals surface area contributed by atoms with Crippen molar-refractivity contribution in [1.29, 1.82) is 0 Å². The van der Waals surface area contributed by atoms with Crippen LogP contribution in [0.3, 0.4) is 0 Å². The van der Waals surface area contributed by atoms with Crippen LogP contribution in [0.4, 0.5) is 10.2 Å². The fourth-order valence-corrected chi connectivity index (χ4v) is 8.20. The maximum absolute atomic E-state index is 15.2. The van der Waals surface area contributed by atoms with Gasteiger partial charge in [0.1, 0.15) is 29.3 Å². The van der Waals surface area contributed by atoms with Gasteiger partial charge in [-0.2, -0.15) is 0 Å². The first-order valence-electron chi connectivity index (χ1n) is 18.5. The summed E-state index contributed by atoms with van der Waals surface area (Å²) in [7, 11) is 0. The molecule has 4 atom stereocenters. The van der Waals surface area contributed by atoms with Gasteiger partial charge in [0.25, 0.3) is 5.91 Å². The van der Waals surface area contributed by atoms with Gasteiger partial charge in [0.2, 0.25) is 11.8 Å². The number of amides is 3. The number of likely N-dealkylation sites (tertiary alicyclic amines) is 1. The Hall–Kier alpha value is -4.05. The summed E-state index contributed by atoms with van der Waals surface area (Å²) in [6.45, 7) is 13.9. The molecule has 3 saturated heterocycles. The van der Waals surface area contributed by atoms with E-state index in [0.29, 0.717) is 64.5 Å². The minimum atomic E-state index is -1.15. The van der Waals surface area contributed by atoms with E-state index in [1.165, 1.54) is 11.1 Å². The van der Waals surface area contributed by atoms with Crippen LogP contribution in [-0.4, -0.2) is 124 Å². The van der Waals surface area contributed by atoms with Crippen molar-refractivity contribution >= 4 is 34.9 Å². The van der Waals surface area contributed by atoms with Crippen LogP contribution in [-0.2, 0) is 9.59 Å². The van der Waals surface area contributed by atoms with Crippen LogP contribution >= 0.6 is 11.3 Å². The summed E-state index contributed by atoms with van der Waals surface area (Å²) in [6, 6.07) is 5.67. The summed E-state index contributed by atoms with van der Waals surface area (Å²) < 4.78 is 15.2. The number of alkyl halides is 1. The lowest BCUT2D eigenvalue weighted by Gasteiger charge is -2.40. The largest absolute Gasteiger partial charge is 0.391 e. The number of piperazine rings is 1. The number of thiazole rings is 1. The molecule has 3 aliphatic rings. The van der Waals surface area contributed by atoms with E-state index >= 15 is 4.39 Å². The maximum atomic E-state index is 15.2. The highest BCUT2D eigenvalue weighted by molar-refractivity contribution is 7.13. The second-order valence-electron chi connectivity index (χ2n) is 15.7. The lowest BCUT2D eigenvalue weighted by molar-refractivity contribution is -0.142. The molecule has 0 aliphatic carbocycles. The van der Waals surface area contributed by atoms with Crippen LogP contribution in [0.2, 0.25) is 0 Å². The minimum Gasteiger partial charge on any atom is -0.391 e. The number of halogens is 1. The molecule has 1 aromatic carbocycles. The Morgan fingerprint density at radius 3 is 2.34 bits per heavy atom. The highest BCUT2D eigenvalue weighted by Crippen LogP contribution is 2.30. The van der Waals surface area contributed by atoms with E-state index in [1.807, 2.05) is 64.4 Å². The van der Waals surface area contributed by atoms with E-state index in [4.69, 9.17) is 0 Å². The van der Waals surface area contributed by atoms with Gasteiger partial charge in [-0.1, -0.05) is 45.0 Å². The number of hydrogen-bond acceptors (Lipinski definition) is 11. The molecule has 2 unspecified atom stereocenters. The highest BCUT2D eigenvalue weighted by atomic mass is 32.1. The van der Waals surface area contributed by atoms with E-state index in [-0.39, 0.29) is 30.6 Å². The number of carbonyl (C=O) groups excluding carboxylic acids is 3. The molecule has 4 N–H and O–H groups in total. The number of nitrogens with one attached hydrogen (secondary N) is 3. The lowest BCUT2D eigenvalue weighted by Crippen LogP contribution is -2.58. The summed E-state index contributed by atoms with van der Waals surface area (Å²) >= 11 is 1.58. The Kier molecular flexibility index (Phi) is 11.8. The summed E-state index contributed by atoms with van der Waals surface area (Å²) in [6.07, 6.45) is 3.22. The molecule has 13 nitrogen and oxygen atoms in total. The van der Waals surface area contributed by atoms with E-state index in [2.05, 4.69) is 40.7 Å². The number of nitrogens with zero attached hydrogens (tertiary/aromatic N) is 6. The number of aromatic nitrogens is 3. The van der Waals surface area contributed by atoms with Crippen molar-refractivity contribution in [3.05, 3.63) is 59.1 Å². The fraction of sp³-hybridized carbons (Fsp3) is 0.579. The Labute approximate surface area is 314 Å². The topological polar surface area (TPSA) is 156 Å². The van der Waals surface area contributed by atoms with Gasteiger partial charge >= 0.3 is 0 Å². The predicted molar refractivity (Wildman–Crippen MR) is 202 cm³/mol. The molecule has 0 spiro atoms. The number of piperidine rings is 1. The third kappa shape index (κ3) is 9.19. The zero-order valence-corrected chi connectivity index (χ0v) is 32.1. The molecule has 3 aromatic rings. The molecule has 53 heavy (non-hydrogen) atoms. The van der Waals surface area contributed by atoms with Gasteiger partial charge in [0, 0.05) is 45.7 Å². The molecule has 0 bridgehead atoms. The Bertz CT molecular complexity index is 1740. The van der Waals surface area contributed by atoms with E-state index < -0.39 is 41.1 Å². The molecule has 0 saturated carbocycles. The number of rotatable bonds is 10. The molecule has 3 fully saturated rings. The molecule has 3 amide bonds. The van der Waals surface area contributed by atoms with E-state index in [0.717, 1.165) is 21.7 Å². The quantitative estimate of drug-likeness (QED) is 0.243. The van der Waals surface area contributed by atoms with Crippen LogP contribution in [0.1, 0.15) is 74.7 Å². The standard InChI is InChI=1S/C38H52FN9O4S/c1-24(26-6-8-27(9-7-26)32-25(2)43-23-53-32)44-35(51)30-18-28(49)21-48(30)36(52)33(37(3,4)5)45-34(50)29-19-42-31(20-41-29)47-16-14-46(15-17-47)22-38(39)10-12-40-13-11-38/h6-9,19-20,23-24,28,30,33,40,49H,10-18,21-22H2,1-5H3,(H,44,51)(H,45,50)/t24?,28-,30+,33?/m1/s1. The SMILES string of the molecule is Cc1ncsc1-c1ccc(C(C)NC(=O)[C@@H]2C[C@@H](O)CN2C(=O)C(NC(=O)c2cnc(N3CCN(CC4(F)CCNCC4)CC3)cn2)C(C)(C)C)cc1. The van der Waals surface area contributed by atoms with Crippen molar-refractivity contribution in [2.24, 2.45) is 5.41 Å². The number of aliphatic hydroxyl groups is 1. The lowest BCUT2D eigenvalue weighted by atomic mass is 9.85. The first-order chi connectivity index (χ1) is 25.2. The van der Waals surface area contributed by atoms with Crippen LogP contribution in [0.5, 0.6) is 0 Å². The molecule has 6 rings (SSSR count). The molecule has 0 radical (unpaired) electrons. The molecule has 15 heteroatoms. The smallest absolute Gasteiger partial charge is 0.272 e. The number of aryl methyl sites for hydroxylation is 1. The van der Waals surface area contributed by atoms with Gasteiger partial charge in [0.05, 0.1) is 40.6 Å². The molecule has 2 aromatic heterocycles. The van der Waals surface area contributed by atoms with Gasteiger partial charge in [-0.15, -0.1) is 11.3 Å². The van der Waals surface area contributed by atoms with Crippen molar-refractivity contribution in [3.63, 3.8) is 0 Å². The van der Waals surface area contributed by atoms with Crippen LogP contribution in [0, 0.1) is 12.3 Å². The molecule has 286 valence electrons. The second-order valence-corrected chi connectivity index (χ2v) is 16.6. The minimum absolute atomic E-state index is 0.0259. The van der Waals surface area contributed by atoms with E-state index in [9.17, 15) is 19.5 Å². The number of carbonyl (C=O) groups is 3. The number of benzene rings is 1. The molecular weight excluding hydrogens is 698 g/mol. The Balaban J connectivity index is 1.06. The van der Waals surface area contributed by atoms with Gasteiger partial charge in [-0.25, -0.2) is 19.3 Å². The van der Waals surface area contributed by atoms with Crippen molar-refractivity contribution in [2.45, 2.75) is 83.8 Å². The highest BCUT2D eigenvalue weighted by Gasteiger charge is 2.45. The van der Waals surface area contributed by atoms with Gasteiger partial charge in [-0.3, -0.25) is 19.3 Å². The van der Waals surface area contributed by atoms with Crippen molar-refractivity contribution in [3.8, 4) is 10.4 Å². The average molecular weight is 750 g/mol. The van der Waals surface area contributed by atoms with Crippen molar-refractivity contribution < 1.29 is 23.9 Å².